The van der Waals surface area contributed by atoms with Crippen LogP contribution in [0.2, 0.25) is 0 Å². The van der Waals surface area contributed by atoms with Crippen LogP contribution in [0, 0.1) is 5.82 Å². The molecule has 0 bridgehead atoms. The second-order valence-electron chi connectivity index (χ2n) is 10.1. The molecule has 196 valence electrons. The second kappa shape index (κ2) is 9.02. The lowest BCUT2D eigenvalue weighted by Crippen LogP contribution is -2.53. The summed E-state index contributed by atoms with van der Waals surface area (Å²) in [4.78, 5) is 46.1. The molecular formula is C33H23FN2O4. The van der Waals surface area contributed by atoms with Gasteiger partial charge in [-0.1, -0.05) is 72.8 Å². The van der Waals surface area contributed by atoms with E-state index in [-0.39, 0.29) is 30.2 Å². The standard InChI is InChI=1S/C33H23FN2O4/c34-23-16-14-22(15-17-23)20-35-26-12-6-5-11-25(26)33(32(35)39)28-29(37)24-10-4-7-13-27(24)40-30(28)31(38)36(33)19-18-21-8-2-1-3-9-21/h1-17H,18-20H2. The molecule has 7 heteroatoms. The molecule has 40 heavy (non-hydrogen) atoms. The molecule has 0 saturated carbocycles. The highest BCUT2D eigenvalue weighted by molar-refractivity contribution is 6.17. The van der Waals surface area contributed by atoms with Crippen molar-refractivity contribution in [2.24, 2.45) is 0 Å². The van der Waals surface area contributed by atoms with Crippen LogP contribution in [0.15, 0.2) is 112 Å². The molecule has 2 amide bonds. The van der Waals surface area contributed by atoms with Gasteiger partial charge in [0.25, 0.3) is 11.8 Å². The van der Waals surface area contributed by atoms with Crippen molar-refractivity contribution in [3.63, 3.8) is 0 Å². The van der Waals surface area contributed by atoms with Crippen LogP contribution in [0.4, 0.5) is 10.1 Å². The number of halogens is 1. The summed E-state index contributed by atoms with van der Waals surface area (Å²) in [5, 5.41) is 0.306. The highest BCUT2D eigenvalue weighted by Crippen LogP contribution is 2.52. The van der Waals surface area contributed by atoms with E-state index in [1.54, 1.807) is 53.4 Å². The van der Waals surface area contributed by atoms with Gasteiger partial charge in [0.2, 0.25) is 5.76 Å². The average Bonchev–Trinajstić information content (AvgIpc) is 3.38. The molecule has 6 nitrogen and oxygen atoms in total. The number of nitrogens with zero attached hydrogens (tertiary/aromatic N) is 2. The van der Waals surface area contributed by atoms with Gasteiger partial charge in [0.05, 0.1) is 23.2 Å². The van der Waals surface area contributed by atoms with E-state index in [1.165, 1.54) is 17.0 Å². The Morgan fingerprint density at radius 3 is 2.25 bits per heavy atom. The Balaban J connectivity index is 1.46. The topological polar surface area (TPSA) is 70.8 Å². The molecule has 1 aromatic heterocycles. The van der Waals surface area contributed by atoms with Crippen molar-refractivity contribution in [1.82, 2.24) is 4.90 Å². The van der Waals surface area contributed by atoms with Gasteiger partial charge in [0.1, 0.15) is 11.4 Å². The first-order valence-electron chi connectivity index (χ1n) is 13.1. The van der Waals surface area contributed by atoms with E-state index in [2.05, 4.69) is 0 Å². The van der Waals surface area contributed by atoms with E-state index >= 15 is 0 Å². The number of benzene rings is 4. The van der Waals surface area contributed by atoms with Gasteiger partial charge in [-0.3, -0.25) is 14.4 Å². The second-order valence-corrected chi connectivity index (χ2v) is 10.1. The zero-order valence-corrected chi connectivity index (χ0v) is 21.3. The lowest BCUT2D eigenvalue weighted by atomic mass is 9.83. The smallest absolute Gasteiger partial charge is 0.291 e. The first kappa shape index (κ1) is 24.0. The number of hydrogen-bond donors (Lipinski definition) is 0. The molecule has 1 unspecified atom stereocenters. The largest absolute Gasteiger partial charge is 0.450 e. The summed E-state index contributed by atoms with van der Waals surface area (Å²) in [5.41, 5.74) is 1.09. The molecule has 0 N–H and O–H groups in total. The molecule has 1 spiro atoms. The van der Waals surface area contributed by atoms with Crippen LogP contribution in [0.25, 0.3) is 11.0 Å². The summed E-state index contributed by atoms with van der Waals surface area (Å²) in [7, 11) is 0. The lowest BCUT2D eigenvalue weighted by Gasteiger charge is -2.34. The van der Waals surface area contributed by atoms with E-state index in [1.807, 2.05) is 42.5 Å². The Hall–Kier alpha value is -5.04. The van der Waals surface area contributed by atoms with Gasteiger partial charge in [0.15, 0.2) is 11.0 Å². The minimum Gasteiger partial charge on any atom is -0.450 e. The van der Waals surface area contributed by atoms with Crippen LogP contribution < -0.4 is 10.3 Å². The summed E-state index contributed by atoms with van der Waals surface area (Å²) in [6.07, 6.45) is 0.476. The number of anilines is 1. The number of hydrogen-bond acceptors (Lipinski definition) is 4. The maximum atomic E-state index is 14.8. The quantitative estimate of drug-likeness (QED) is 0.304. The van der Waals surface area contributed by atoms with Crippen LogP contribution >= 0.6 is 0 Å². The number of rotatable bonds is 5. The average molecular weight is 531 g/mol. The van der Waals surface area contributed by atoms with Crippen molar-refractivity contribution in [1.29, 1.82) is 0 Å². The zero-order chi connectivity index (χ0) is 27.4. The summed E-state index contributed by atoms with van der Waals surface area (Å²) in [6.45, 7) is 0.333. The summed E-state index contributed by atoms with van der Waals surface area (Å²) >= 11 is 0. The highest BCUT2D eigenvalue weighted by atomic mass is 19.1. The Labute approximate surface area is 228 Å². The van der Waals surface area contributed by atoms with Crippen LogP contribution in [0.5, 0.6) is 0 Å². The van der Waals surface area contributed by atoms with Gasteiger partial charge in [-0.15, -0.1) is 0 Å². The molecule has 2 aliphatic heterocycles. The number of carbonyl (C=O) groups is 2. The third-order valence-corrected chi connectivity index (χ3v) is 7.86. The third kappa shape index (κ3) is 3.37. The predicted molar refractivity (Wildman–Crippen MR) is 148 cm³/mol. The molecular weight excluding hydrogens is 507 g/mol. The molecule has 0 saturated heterocycles. The molecule has 2 aliphatic rings. The Kier molecular flexibility index (Phi) is 5.42. The minimum atomic E-state index is -1.69. The summed E-state index contributed by atoms with van der Waals surface area (Å²) in [5.74, 6) is -1.40. The van der Waals surface area contributed by atoms with Gasteiger partial charge >= 0.3 is 0 Å². The van der Waals surface area contributed by atoms with Gasteiger partial charge in [-0.05, 0) is 47.9 Å². The first-order valence-corrected chi connectivity index (χ1v) is 13.1. The predicted octanol–water partition coefficient (Wildman–Crippen LogP) is 5.42. The Morgan fingerprint density at radius 1 is 0.750 bits per heavy atom. The van der Waals surface area contributed by atoms with Crippen molar-refractivity contribution in [2.75, 3.05) is 11.4 Å². The van der Waals surface area contributed by atoms with E-state index in [0.29, 0.717) is 34.2 Å². The number of para-hydroxylation sites is 2. The molecule has 5 aromatic rings. The van der Waals surface area contributed by atoms with Gasteiger partial charge < -0.3 is 14.2 Å². The van der Waals surface area contributed by atoms with Crippen molar-refractivity contribution in [2.45, 2.75) is 18.5 Å². The highest BCUT2D eigenvalue weighted by Gasteiger charge is 2.64. The van der Waals surface area contributed by atoms with Gasteiger partial charge in [-0.25, -0.2) is 4.39 Å². The van der Waals surface area contributed by atoms with Crippen LogP contribution in [0.3, 0.4) is 0 Å². The van der Waals surface area contributed by atoms with E-state index in [4.69, 9.17) is 4.42 Å². The molecule has 0 fully saturated rings. The van der Waals surface area contributed by atoms with Gasteiger partial charge in [0, 0.05) is 12.1 Å². The third-order valence-electron chi connectivity index (χ3n) is 7.86. The fourth-order valence-corrected chi connectivity index (χ4v) is 6.05. The SMILES string of the molecule is O=C1c2oc3ccccc3c(=O)c2C2(C(=O)N(Cc3ccc(F)cc3)c3ccccc32)N1CCc1ccccc1. The normalized spacial score (nSPS) is 17.6. The fourth-order valence-electron chi connectivity index (χ4n) is 6.05. The van der Waals surface area contributed by atoms with Crippen molar-refractivity contribution < 1.29 is 18.4 Å². The maximum Gasteiger partial charge on any atom is 0.291 e. The van der Waals surface area contributed by atoms with E-state index in [0.717, 1.165) is 5.56 Å². The number of carbonyl (C=O) groups excluding carboxylic acids is 2. The zero-order valence-electron chi connectivity index (χ0n) is 21.3. The Morgan fingerprint density at radius 2 is 1.45 bits per heavy atom. The van der Waals surface area contributed by atoms with Crippen LogP contribution in [0.1, 0.15) is 32.8 Å². The maximum absolute atomic E-state index is 14.8. The molecule has 3 heterocycles. The minimum absolute atomic E-state index is 0.0447. The van der Waals surface area contributed by atoms with Crippen molar-refractivity contribution in [3.05, 3.63) is 147 Å². The number of fused-ring (bicyclic) bond motifs is 5. The lowest BCUT2D eigenvalue weighted by molar-refractivity contribution is -0.126. The summed E-state index contributed by atoms with van der Waals surface area (Å²) in [6, 6.07) is 29.6. The van der Waals surface area contributed by atoms with Crippen molar-refractivity contribution in [3.8, 4) is 0 Å². The van der Waals surface area contributed by atoms with Crippen LogP contribution in [-0.2, 0) is 23.3 Å². The first-order chi connectivity index (χ1) is 19.5. The molecule has 0 aliphatic carbocycles. The Bertz CT molecular complexity index is 1870. The fraction of sp³-hybridized carbons (Fsp3) is 0.121. The molecule has 7 rings (SSSR count). The molecule has 0 radical (unpaired) electrons. The van der Waals surface area contributed by atoms with E-state index in [9.17, 15) is 18.8 Å². The molecule has 4 aromatic carbocycles. The summed E-state index contributed by atoms with van der Waals surface area (Å²) < 4.78 is 19.7. The van der Waals surface area contributed by atoms with Crippen LogP contribution in [-0.4, -0.2) is 23.3 Å². The monoisotopic (exact) mass is 530 g/mol. The van der Waals surface area contributed by atoms with Gasteiger partial charge in [-0.2, -0.15) is 0 Å². The van der Waals surface area contributed by atoms with E-state index < -0.39 is 22.8 Å². The molecule has 1 atom stereocenters. The van der Waals surface area contributed by atoms with Crippen molar-refractivity contribution >= 4 is 28.5 Å². The number of amides is 2.